The van der Waals surface area contributed by atoms with Crippen LogP contribution in [0.15, 0.2) is 66.7 Å². The van der Waals surface area contributed by atoms with Gasteiger partial charge in [-0.05, 0) is 67.4 Å². The number of carbonyl (C=O) groups is 8. The lowest BCUT2D eigenvalue weighted by molar-refractivity contribution is -0.433. The molecule has 4 aromatic rings. The highest BCUT2D eigenvalue weighted by Crippen LogP contribution is 2.35. The number of nitrogens with two attached hydrogens (primary N) is 1. The summed E-state index contributed by atoms with van der Waals surface area (Å²) in [6, 6.07) is 3.23. The Morgan fingerprint density at radius 1 is 0.778 bits per heavy atom. The van der Waals surface area contributed by atoms with Crippen LogP contribution in [0.4, 0.5) is 0 Å². The van der Waals surface area contributed by atoms with Crippen LogP contribution in [0.3, 0.4) is 0 Å². The summed E-state index contributed by atoms with van der Waals surface area (Å²) in [6.45, 7) is 3.93. The zero-order chi connectivity index (χ0) is 65.7. The normalized spacial score (nSPS) is 26.1. The molecule has 3 saturated heterocycles. The molecule has 8 amide bonds. The maximum absolute atomic E-state index is 14.7. The number of hydrogen-bond acceptors (Lipinski definition) is 26. The fraction of sp³-hybridized carbons (Fsp3) is 0.500. The summed E-state index contributed by atoms with van der Waals surface area (Å²) in [5, 5.41) is 134. The monoisotopic (exact) mass is 1300 g/mol. The minimum Gasteiger partial charge on any atom is -0.504 e. The first kappa shape index (κ1) is 69.8. The van der Waals surface area contributed by atoms with E-state index in [2.05, 4.69) is 47.8 Å². The van der Waals surface area contributed by atoms with E-state index in [1.54, 1.807) is 0 Å². The van der Waals surface area contributed by atoms with Gasteiger partial charge < -0.3 is 97.0 Å². The molecule has 0 aliphatic carbocycles. The summed E-state index contributed by atoms with van der Waals surface area (Å²) in [4.78, 5) is 115. The number of unbranched alkanes of at least 4 members (excludes halogenated alkanes) is 3. The molecular formula is C56H72N10O22S2. The SMILES string of the molecule is CCCCCCOc1ccc(-c2nnc(-c3ccc(C(=O)NC4CC(O)C(O)NC(=O)C5C(O)C(C)CN5C(=O)C(C(O)CC(N)=O)NC(=O)C(C(O)C(O)c5ccc(O)c(OSOOO)c5)NC(=O)C5CC(O)CN5C(=O)C(C(C)O)NC4=O)cc3)s2)cc1. The Morgan fingerprint density at radius 2 is 1.41 bits per heavy atom. The van der Waals surface area contributed by atoms with Gasteiger partial charge in [-0.3, -0.25) is 38.4 Å². The molecule has 7 rings (SSSR count). The highest BCUT2D eigenvalue weighted by molar-refractivity contribution is 7.90. The molecule has 15 atom stereocenters. The summed E-state index contributed by atoms with van der Waals surface area (Å²) < 4.78 is 15.0. The summed E-state index contributed by atoms with van der Waals surface area (Å²) in [6.07, 6.45) is -15.4. The number of phenols is 1. The van der Waals surface area contributed by atoms with Crippen molar-refractivity contribution in [2.24, 2.45) is 11.7 Å². The number of nitrogens with one attached hydrogen (secondary N) is 5. The van der Waals surface area contributed by atoms with Gasteiger partial charge in [0.15, 0.2) is 17.7 Å². The van der Waals surface area contributed by atoms with Crippen molar-refractivity contribution in [3.8, 4) is 38.4 Å². The molecule has 90 heavy (non-hydrogen) atoms. The van der Waals surface area contributed by atoms with Gasteiger partial charge in [0, 0.05) is 48.5 Å². The zero-order valence-corrected chi connectivity index (χ0v) is 50.3. The van der Waals surface area contributed by atoms with Crippen LogP contribution in [0.1, 0.15) is 87.7 Å². The minimum atomic E-state index is -2.56. The molecule has 3 aliphatic heterocycles. The second-order valence-corrected chi connectivity index (χ2v) is 23.3. The second-order valence-electron chi connectivity index (χ2n) is 21.9. The highest BCUT2D eigenvalue weighted by atomic mass is 32.2. The molecule has 3 aliphatic rings. The van der Waals surface area contributed by atoms with E-state index < -0.39 is 182 Å². The number of aromatic nitrogens is 2. The molecule has 0 bridgehead atoms. The fourth-order valence-corrected chi connectivity index (χ4v) is 11.4. The average molecular weight is 1300 g/mol. The molecule has 0 radical (unpaired) electrons. The predicted molar refractivity (Wildman–Crippen MR) is 313 cm³/mol. The third-order valence-corrected chi connectivity index (χ3v) is 16.6. The van der Waals surface area contributed by atoms with E-state index in [1.165, 1.54) is 42.5 Å². The molecule has 4 heterocycles. The average Bonchev–Trinajstić information content (AvgIpc) is 2.81. The third-order valence-electron chi connectivity index (χ3n) is 15.2. The Balaban J connectivity index is 1.21. The van der Waals surface area contributed by atoms with Crippen molar-refractivity contribution in [2.75, 3.05) is 19.7 Å². The van der Waals surface area contributed by atoms with E-state index >= 15 is 0 Å². The van der Waals surface area contributed by atoms with Crippen molar-refractivity contribution >= 4 is 70.9 Å². The van der Waals surface area contributed by atoms with Crippen LogP contribution in [0, 0.1) is 5.92 Å². The number of nitrogens with zero attached hydrogens (tertiary/aromatic N) is 4. The quantitative estimate of drug-likeness (QED) is 0.0178. The van der Waals surface area contributed by atoms with Gasteiger partial charge in [-0.1, -0.05) is 72.0 Å². The van der Waals surface area contributed by atoms with Crippen molar-refractivity contribution in [3.05, 3.63) is 77.9 Å². The van der Waals surface area contributed by atoms with E-state index in [1.807, 2.05) is 29.6 Å². The highest BCUT2D eigenvalue weighted by Gasteiger charge is 2.51. The second kappa shape index (κ2) is 31.8. The Labute approximate surface area is 521 Å². The standard InChI is InChI=1S/C56H72N10O22S2/c1-4-5-6-7-18-85-32-15-12-29(13-16-32)54-64-63-53(89-54)28-10-8-27(9-11-28)47(76)58-33-21-37(71)50(79)62-52(81)43-44(73)25(2)23-66(43)56(83)41(36(70)22-39(57)72)60-51(80)42(46(75)45(74)30-14-17-35(69)38(19-30)86-90-88-87-84)61-49(78)34-20-31(68)24-65(34)55(82)40(26(3)67)59-48(33)77/h8-17,19,25-26,31,33-34,36-37,40-46,50,67-71,73-75,79,84H,4-7,18,20-24H2,1-3H3,(H2,57,72)(H,58,76)(H,59,77)(H,60,80)(H,61,78)(H,62,81). The molecule has 3 fully saturated rings. The van der Waals surface area contributed by atoms with Crippen molar-refractivity contribution in [3.63, 3.8) is 0 Å². The molecule has 34 heteroatoms. The first-order valence-corrected chi connectivity index (χ1v) is 30.0. The maximum Gasteiger partial charge on any atom is 0.261 e. The number of aromatic hydroxyl groups is 1. The van der Waals surface area contributed by atoms with E-state index in [0.717, 1.165) is 56.4 Å². The lowest BCUT2D eigenvalue weighted by atomic mass is 9.96. The van der Waals surface area contributed by atoms with E-state index in [9.17, 15) is 84.3 Å². The summed E-state index contributed by atoms with van der Waals surface area (Å²) >= 11 is 1.22. The lowest BCUT2D eigenvalue weighted by Gasteiger charge is -2.34. The fourth-order valence-electron chi connectivity index (χ4n) is 10.3. The Hall–Kier alpha value is -7.71. The van der Waals surface area contributed by atoms with Crippen molar-refractivity contribution in [1.82, 2.24) is 46.6 Å². The number of carbonyl (C=O) groups excluding carboxylic acids is 8. The number of amides is 8. The number of fused-ring (bicyclic) bond motifs is 2. The number of hydrogen-bond donors (Lipinski definition) is 16. The van der Waals surface area contributed by atoms with Crippen molar-refractivity contribution < 1.29 is 108 Å². The van der Waals surface area contributed by atoms with E-state index in [-0.39, 0.29) is 23.5 Å². The molecule has 0 saturated carbocycles. The van der Waals surface area contributed by atoms with Gasteiger partial charge in [-0.25, -0.2) is 5.26 Å². The predicted octanol–water partition coefficient (Wildman–Crippen LogP) is -2.47. The summed E-state index contributed by atoms with van der Waals surface area (Å²) in [5.41, 5.74) is 6.24. The van der Waals surface area contributed by atoms with E-state index in [4.69, 9.17) is 19.9 Å². The van der Waals surface area contributed by atoms with Crippen LogP contribution >= 0.6 is 23.7 Å². The summed E-state index contributed by atoms with van der Waals surface area (Å²) in [5.74, 6) is -12.0. The first-order chi connectivity index (χ1) is 42.8. The van der Waals surface area contributed by atoms with Gasteiger partial charge in [-0.2, -0.15) is 0 Å². The number of ether oxygens (including phenoxy) is 1. The van der Waals surface area contributed by atoms with Crippen molar-refractivity contribution in [1.29, 1.82) is 0 Å². The van der Waals surface area contributed by atoms with Gasteiger partial charge in [0.25, 0.3) is 18.2 Å². The third kappa shape index (κ3) is 17.4. The largest absolute Gasteiger partial charge is 0.504 e. The Morgan fingerprint density at radius 3 is 2.04 bits per heavy atom. The number of primary amides is 1. The Kier molecular flexibility index (Phi) is 24.7. The molecule has 32 nitrogen and oxygen atoms in total. The molecule has 15 unspecified atom stereocenters. The maximum atomic E-state index is 14.7. The molecule has 490 valence electrons. The van der Waals surface area contributed by atoms with E-state index in [0.29, 0.717) is 37.7 Å². The van der Waals surface area contributed by atoms with Crippen LogP contribution < -0.4 is 41.2 Å². The topological polar surface area (TPSA) is 494 Å². The number of aliphatic hydroxyl groups is 8. The van der Waals surface area contributed by atoms with Crippen LogP contribution in [0.2, 0.25) is 0 Å². The minimum absolute atomic E-state index is 0.0359. The van der Waals surface area contributed by atoms with Crippen LogP contribution in [-0.4, -0.2) is 217 Å². The summed E-state index contributed by atoms with van der Waals surface area (Å²) in [7, 11) is 0. The first-order valence-electron chi connectivity index (χ1n) is 28.5. The molecule has 17 N–H and O–H groups in total. The Bertz CT molecular complexity index is 3170. The van der Waals surface area contributed by atoms with Gasteiger partial charge >= 0.3 is 0 Å². The van der Waals surface area contributed by atoms with Crippen molar-refractivity contribution in [2.45, 2.75) is 151 Å². The lowest BCUT2D eigenvalue weighted by Crippen LogP contribution is -2.64. The molecule has 1 aromatic heterocycles. The number of aliphatic hydroxyl groups excluding tert-OH is 8. The van der Waals surface area contributed by atoms with Gasteiger partial charge in [-0.15, -0.1) is 10.2 Å². The number of benzene rings is 3. The van der Waals surface area contributed by atoms with Gasteiger partial charge in [0.05, 0.1) is 37.4 Å². The molecule has 3 aromatic carbocycles. The zero-order valence-electron chi connectivity index (χ0n) is 48.6. The van der Waals surface area contributed by atoms with Crippen LogP contribution in [0.25, 0.3) is 21.1 Å². The number of phenolic OH excluding ortho intramolecular Hbond substituents is 1. The van der Waals surface area contributed by atoms with Gasteiger partial charge in [0.1, 0.15) is 70.3 Å². The van der Waals surface area contributed by atoms with Crippen LogP contribution in [-0.2, 0) is 42.9 Å². The van der Waals surface area contributed by atoms with Crippen LogP contribution in [0.5, 0.6) is 17.2 Å². The molecule has 0 spiro atoms. The van der Waals surface area contributed by atoms with Gasteiger partial charge in [0.2, 0.25) is 41.4 Å². The smallest absolute Gasteiger partial charge is 0.261 e. The molecular weight excluding hydrogens is 1230 g/mol. The number of rotatable bonds is 21.